The first-order chi connectivity index (χ1) is 8.33. The van der Waals surface area contributed by atoms with Gasteiger partial charge in [-0.25, -0.2) is 4.79 Å². The maximum Gasteiger partial charge on any atom is 0.412 e. The van der Waals surface area contributed by atoms with Gasteiger partial charge >= 0.3 is 6.09 Å². The van der Waals surface area contributed by atoms with Crippen molar-refractivity contribution in [1.82, 2.24) is 0 Å². The van der Waals surface area contributed by atoms with E-state index in [0.29, 0.717) is 5.69 Å². The number of hydrogen-bond donors (Lipinski definition) is 1. The fourth-order valence-corrected chi connectivity index (χ4v) is 1.49. The Morgan fingerprint density at radius 1 is 1.39 bits per heavy atom. The number of hydrogen-bond acceptors (Lipinski definition) is 2. The van der Waals surface area contributed by atoms with Crippen LogP contribution in [-0.2, 0) is 4.74 Å². The maximum atomic E-state index is 11.7. The summed E-state index contributed by atoms with van der Waals surface area (Å²) in [5, 5.41) is 2.73. The Hall–Kier alpha value is -1.95. The summed E-state index contributed by atoms with van der Waals surface area (Å²) in [6.07, 6.45) is 4.94. The third-order valence-electron chi connectivity index (χ3n) is 2.31. The van der Waals surface area contributed by atoms with E-state index in [2.05, 4.69) is 11.2 Å². The van der Waals surface area contributed by atoms with Crippen molar-refractivity contribution in [2.24, 2.45) is 0 Å². The Morgan fingerprint density at radius 2 is 2.00 bits per heavy atom. The number of anilines is 1. The van der Waals surface area contributed by atoms with Gasteiger partial charge in [0.25, 0.3) is 0 Å². The van der Waals surface area contributed by atoms with Gasteiger partial charge in [-0.2, -0.15) is 0 Å². The second-order valence-electron chi connectivity index (χ2n) is 5.10. The van der Waals surface area contributed by atoms with E-state index >= 15 is 0 Å². The zero-order chi connectivity index (χ0) is 13.8. The lowest BCUT2D eigenvalue weighted by atomic mass is 10.0. The smallest absolute Gasteiger partial charge is 0.412 e. The zero-order valence-electron chi connectivity index (χ0n) is 11.3. The molecule has 1 amide bonds. The SMILES string of the molecule is C#CC(C)c1ccccc1NC(=O)OC(C)(C)C. The monoisotopic (exact) mass is 245 g/mol. The first-order valence-corrected chi connectivity index (χ1v) is 5.88. The largest absolute Gasteiger partial charge is 0.444 e. The van der Waals surface area contributed by atoms with E-state index in [1.165, 1.54) is 0 Å². The molecule has 1 N–H and O–H groups in total. The molecular weight excluding hydrogens is 226 g/mol. The van der Waals surface area contributed by atoms with Crippen molar-refractivity contribution in [3.05, 3.63) is 29.8 Å². The van der Waals surface area contributed by atoms with E-state index in [-0.39, 0.29) is 5.92 Å². The highest BCUT2D eigenvalue weighted by Gasteiger charge is 2.17. The number of rotatable bonds is 2. The maximum absolute atomic E-state index is 11.7. The molecule has 0 bridgehead atoms. The molecule has 1 rings (SSSR count). The van der Waals surface area contributed by atoms with E-state index in [1.807, 2.05) is 52.0 Å². The molecule has 0 aliphatic heterocycles. The highest BCUT2D eigenvalue weighted by atomic mass is 16.6. The van der Waals surface area contributed by atoms with Crippen LogP contribution >= 0.6 is 0 Å². The highest BCUT2D eigenvalue weighted by Crippen LogP contribution is 2.24. The van der Waals surface area contributed by atoms with Gasteiger partial charge in [0.05, 0.1) is 0 Å². The normalized spacial score (nSPS) is 12.4. The van der Waals surface area contributed by atoms with Crippen molar-refractivity contribution in [2.75, 3.05) is 5.32 Å². The zero-order valence-corrected chi connectivity index (χ0v) is 11.3. The second-order valence-corrected chi connectivity index (χ2v) is 5.10. The number of terminal acetylenes is 1. The Kier molecular flexibility index (Phi) is 4.38. The van der Waals surface area contributed by atoms with Gasteiger partial charge in [-0.1, -0.05) is 24.1 Å². The minimum atomic E-state index is -0.517. The summed E-state index contributed by atoms with van der Waals surface area (Å²) in [4.78, 5) is 11.7. The summed E-state index contributed by atoms with van der Waals surface area (Å²) in [6, 6.07) is 7.45. The molecule has 0 saturated carbocycles. The van der Waals surface area contributed by atoms with Gasteiger partial charge in [0.15, 0.2) is 0 Å². The molecule has 96 valence electrons. The molecule has 0 aliphatic carbocycles. The number of nitrogens with one attached hydrogen (secondary N) is 1. The van der Waals surface area contributed by atoms with Crippen LogP contribution in [0.5, 0.6) is 0 Å². The van der Waals surface area contributed by atoms with Crippen LogP contribution in [0.4, 0.5) is 10.5 Å². The van der Waals surface area contributed by atoms with Gasteiger partial charge < -0.3 is 4.74 Å². The lowest BCUT2D eigenvalue weighted by Gasteiger charge is -2.20. The van der Waals surface area contributed by atoms with E-state index in [9.17, 15) is 4.79 Å². The van der Waals surface area contributed by atoms with Crippen molar-refractivity contribution < 1.29 is 9.53 Å². The van der Waals surface area contributed by atoms with E-state index < -0.39 is 11.7 Å². The quantitative estimate of drug-likeness (QED) is 0.805. The van der Waals surface area contributed by atoms with Crippen LogP contribution in [0.3, 0.4) is 0 Å². The van der Waals surface area contributed by atoms with Crippen LogP contribution in [0, 0.1) is 12.3 Å². The molecule has 3 heteroatoms. The fourth-order valence-electron chi connectivity index (χ4n) is 1.49. The molecule has 0 saturated heterocycles. The Bertz CT molecular complexity index is 466. The van der Waals surface area contributed by atoms with Crippen molar-refractivity contribution >= 4 is 11.8 Å². The predicted octanol–water partition coefficient (Wildman–Crippen LogP) is 3.77. The fraction of sp³-hybridized carbons (Fsp3) is 0.400. The minimum Gasteiger partial charge on any atom is -0.444 e. The first-order valence-electron chi connectivity index (χ1n) is 5.88. The third kappa shape index (κ3) is 4.14. The Labute approximate surface area is 109 Å². The summed E-state index contributed by atoms with van der Waals surface area (Å²) < 4.78 is 5.21. The molecule has 1 atom stereocenters. The predicted molar refractivity (Wildman–Crippen MR) is 73.5 cm³/mol. The minimum absolute atomic E-state index is 0.0591. The summed E-state index contributed by atoms with van der Waals surface area (Å²) in [5.41, 5.74) is 1.08. The first kappa shape index (κ1) is 14.1. The molecule has 1 unspecified atom stereocenters. The molecule has 0 aliphatic rings. The second kappa shape index (κ2) is 5.59. The lowest BCUT2D eigenvalue weighted by molar-refractivity contribution is 0.0636. The highest BCUT2D eigenvalue weighted by molar-refractivity contribution is 5.86. The van der Waals surface area contributed by atoms with Crippen LogP contribution in [-0.4, -0.2) is 11.7 Å². The number of amides is 1. The molecule has 0 aromatic heterocycles. The molecule has 0 heterocycles. The van der Waals surface area contributed by atoms with E-state index in [1.54, 1.807) is 0 Å². The van der Waals surface area contributed by atoms with Crippen molar-refractivity contribution in [1.29, 1.82) is 0 Å². The number of ether oxygens (including phenoxy) is 1. The van der Waals surface area contributed by atoms with E-state index in [0.717, 1.165) is 5.56 Å². The van der Waals surface area contributed by atoms with Crippen LogP contribution in [0.15, 0.2) is 24.3 Å². The molecule has 0 radical (unpaired) electrons. The average Bonchev–Trinajstić information content (AvgIpc) is 2.26. The van der Waals surface area contributed by atoms with Gasteiger partial charge in [-0.3, -0.25) is 5.32 Å². The molecule has 3 nitrogen and oxygen atoms in total. The molecule has 0 spiro atoms. The van der Waals surface area contributed by atoms with Gasteiger partial charge in [0.1, 0.15) is 5.60 Å². The van der Waals surface area contributed by atoms with Crippen molar-refractivity contribution in [3.8, 4) is 12.3 Å². The topological polar surface area (TPSA) is 38.3 Å². The summed E-state index contributed by atoms with van der Waals surface area (Å²) in [5.74, 6) is 2.59. The van der Waals surface area contributed by atoms with E-state index in [4.69, 9.17) is 11.2 Å². The average molecular weight is 245 g/mol. The van der Waals surface area contributed by atoms with Gasteiger partial charge in [0, 0.05) is 11.6 Å². The summed E-state index contributed by atoms with van der Waals surface area (Å²) >= 11 is 0. The number of carbonyl (C=O) groups is 1. The Morgan fingerprint density at radius 3 is 2.56 bits per heavy atom. The van der Waals surface area contributed by atoms with Crippen LogP contribution in [0.2, 0.25) is 0 Å². The van der Waals surface area contributed by atoms with Crippen LogP contribution in [0.1, 0.15) is 39.2 Å². The van der Waals surface area contributed by atoms with Crippen molar-refractivity contribution in [2.45, 2.75) is 39.2 Å². The Balaban J connectivity index is 2.86. The standard InChI is InChI=1S/C15H19NO2/c1-6-11(2)12-9-7-8-10-13(12)16-14(17)18-15(3,4)5/h1,7-11H,2-5H3,(H,16,17). The lowest BCUT2D eigenvalue weighted by Crippen LogP contribution is -2.27. The molecular formula is C15H19NO2. The third-order valence-corrected chi connectivity index (χ3v) is 2.31. The van der Waals surface area contributed by atoms with Crippen LogP contribution in [0.25, 0.3) is 0 Å². The van der Waals surface area contributed by atoms with Crippen LogP contribution < -0.4 is 5.32 Å². The van der Waals surface area contributed by atoms with Gasteiger partial charge in [0.2, 0.25) is 0 Å². The number of benzene rings is 1. The molecule has 1 aromatic carbocycles. The number of carbonyl (C=O) groups excluding carboxylic acids is 1. The summed E-state index contributed by atoms with van der Waals surface area (Å²) in [6.45, 7) is 7.38. The van der Waals surface area contributed by atoms with Gasteiger partial charge in [-0.05, 0) is 39.3 Å². The van der Waals surface area contributed by atoms with Crippen molar-refractivity contribution in [3.63, 3.8) is 0 Å². The molecule has 0 fully saturated rings. The van der Waals surface area contributed by atoms with Gasteiger partial charge in [-0.15, -0.1) is 6.42 Å². The summed E-state index contributed by atoms with van der Waals surface area (Å²) in [7, 11) is 0. The number of para-hydroxylation sites is 1. The molecule has 18 heavy (non-hydrogen) atoms. The molecule has 1 aromatic rings.